The second-order valence-electron chi connectivity index (χ2n) is 4.96. The van der Waals surface area contributed by atoms with E-state index >= 15 is 0 Å². The molecular formula is C18H15ClN2O3. The van der Waals surface area contributed by atoms with E-state index in [9.17, 15) is 4.79 Å². The fourth-order valence-electron chi connectivity index (χ4n) is 2.22. The number of furan rings is 1. The van der Waals surface area contributed by atoms with E-state index in [0.717, 1.165) is 5.39 Å². The summed E-state index contributed by atoms with van der Waals surface area (Å²) >= 11 is 5.98. The average Bonchev–Trinajstić information content (AvgIpc) is 3.01. The molecule has 0 bridgehead atoms. The molecule has 24 heavy (non-hydrogen) atoms. The van der Waals surface area contributed by atoms with E-state index in [1.807, 2.05) is 25.1 Å². The zero-order valence-electron chi connectivity index (χ0n) is 13.0. The molecule has 0 fully saturated rings. The van der Waals surface area contributed by atoms with Crippen LogP contribution in [0.15, 0.2) is 58.0 Å². The Labute approximate surface area is 143 Å². The van der Waals surface area contributed by atoms with E-state index in [-0.39, 0.29) is 5.76 Å². The lowest BCUT2D eigenvalue weighted by Crippen LogP contribution is -2.16. The van der Waals surface area contributed by atoms with Gasteiger partial charge in [0, 0.05) is 16.0 Å². The first-order chi connectivity index (χ1) is 11.7. The molecule has 6 heteroatoms. The number of hydrogen-bond donors (Lipinski definition) is 1. The normalized spacial score (nSPS) is 11.1. The van der Waals surface area contributed by atoms with E-state index in [4.69, 9.17) is 20.8 Å². The van der Waals surface area contributed by atoms with Crippen molar-refractivity contribution in [2.24, 2.45) is 5.10 Å². The van der Waals surface area contributed by atoms with Crippen LogP contribution in [-0.2, 0) is 0 Å². The van der Waals surface area contributed by atoms with Gasteiger partial charge in [0.1, 0.15) is 11.3 Å². The molecule has 5 nitrogen and oxygen atoms in total. The standard InChI is InChI=1S/C18H15ClN2O3/c1-2-23-15-8-7-14(19)9-13(15)11-20-21-18(22)17-10-12-5-3-4-6-16(12)24-17/h3-11H,2H2,1H3,(H,21,22)/b20-11+. The van der Waals surface area contributed by atoms with Gasteiger partial charge >= 0.3 is 5.91 Å². The lowest BCUT2D eigenvalue weighted by Gasteiger charge is -2.06. The topological polar surface area (TPSA) is 63.8 Å². The van der Waals surface area contributed by atoms with Crippen LogP contribution in [0.3, 0.4) is 0 Å². The van der Waals surface area contributed by atoms with Crippen molar-refractivity contribution in [3.05, 3.63) is 64.9 Å². The lowest BCUT2D eigenvalue weighted by atomic mass is 10.2. The highest BCUT2D eigenvalue weighted by atomic mass is 35.5. The molecule has 0 spiro atoms. The number of hydrogen-bond acceptors (Lipinski definition) is 4. The van der Waals surface area contributed by atoms with Gasteiger partial charge in [-0.2, -0.15) is 5.10 Å². The summed E-state index contributed by atoms with van der Waals surface area (Å²) in [5, 5.41) is 5.37. The summed E-state index contributed by atoms with van der Waals surface area (Å²) in [7, 11) is 0. The summed E-state index contributed by atoms with van der Waals surface area (Å²) < 4.78 is 11.0. The predicted octanol–water partition coefficient (Wildman–Crippen LogP) is 4.25. The highest BCUT2D eigenvalue weighted by molar-refractivity contribution is 6.30. The van der Waals surface area contributed by atoms with Gasteiger partial charge in [0.2, 0.25) is 0 Å². The Morgan fingerprint density at radius 1 is 1.29 bits per heavy atom. The maximum atomic E-state index is 12.1. The number of halogens is 1. The Morgan fingerprint density at radius 2 is 2.12 bits per heavy atom. The molecule has 0 aliphatic rings. The molecule has 1 heterocycles. The van der Waals surface area contributed by atoms with Gasteiger partial charge in [-0.05, 0) is 37.3 Å². The van der Waals surface area contributed by atoms with Gasteiger partial charge in [-0.15, -0.1) is 0 Å². The average molecular weight is 343 g/mol. The first-order valence-electron chi connectivity index (χ1n) is 7.41. The SMILES string of the molecule is CCOc1ccc(Cl)cc1/C=N/NC(=O)c1cc2ccccc2o1. The molecule has 0 atom stereocenters. The minimum Gasteiger partial charge on any atom is -0.493 e. The third-order valence-electron chi connectivity index (χ3n) is 3.29. The lowest BCUT2D eigenvalue weighted by molar-refractivity contribution is 0.0929. The Morgan fingerprint density at radius 3 is 2.92 bits per heavy atom. The number of fused-ring (bicyclic) bond motifs is 1. The second kappa shape index (κ2) is 7.19. The Balaban J connectivity index is 1.74. The molecule has 1 amide bonds. The molecule has 0 radical (unpaired) electrons. The van der Waals surface area contributed by atoms with Gasteiger partial charge < -0.3 is 9.15 Å². The van der Waals surface area contributed by atoms with Gasteiger partial charge in [-0.1, -0.05) is 29.8 Å². The fraction of sp³-hybridized carbons (Fsp3) is 0.111. The quantitative estimate of drug-likeness (QED) is 0.557. The summed E-state index contributed by atoms with van der Waals surface area (Å²) in [6.45, 7) is 2.41. The van der Waals surface area contributed by atoms with Crippen molar-refractivity contribution < 1.29 is 13.9 Å². The van der Waals surface area contributed by atoms with Crippen molar-refractivity contribution in [1.29, 1.82) is 0 Å². The van der Waals surface area contributed by atoms with Crippen LogP contribution in [0.1, 0.15) is 23.0 Å². The zero-order chi connectivity index (χ0) is 16.9. The van der Waals surface area contributed by atoms with E-state index in [0.29, 0.717) is 28.5 Å². The number of hydrazone groups is 1. The number of carbonyl (C=O) groups excluding carboxylic acids is 1. The van der Waals surface area contributed by atoms with Gasteiger partial charge in [0.05, 0.1) is 12.8 Å². The Hall–Kier alpha value is -2.79. The van der Waals surface area contributed by atoms with Crippen molar-refractivity contribution in [1.82, 2.24) is 5.43 Å². The molecule has 1 N–H and O–H groups in total. The van der Waals surface area contributed by atoms with E-state index in [1.54, 1.807) is 30.3 Å². The number of ether oxygens (including phenoxy) is 1. The van der Waals surface area contributed by atoms with Gasteiger partial charge in [0.25, 0.3) is 0 Å². The third-order valence-corrected chi connectivity index (χ3v) is 3.53. The number of nitrogens with zero attached hydrogens (tertiary/aromatic N) is 1. The van der Waals surface area contributed by atoms with Crippen molar-refractivity contribution in [2.75, 3.05) is 6.61 Å². The summed E-state index contributed by atoms with van der Waals surface area (Å²) in [6, 6.07) is 14.3. The van der Waals surface area contributed by atoms with Gasteiger partial charge in [0.15, 0.2) is 5.76 Å². The minimum atomic E-state index is -0.428. The largest absolute Gasteiger partial charge is 0.493 e. The first kappa shape index (κ1) is 16.1. The fourth-order valence-corrected chi connectivity index (χ4v) is 2.40. The molecule has 2 aromatic carbocycles. The molecule has 0 saturated carbocycles. The van der Waals surface area contributed by atoms with Crippen molar-refractivity contribution in [3.8, 4) is 5.75 Å². The summed E-state index contributed by atoms with van der Waals surface area (Å²) in [5.41, 5.74) is 3.76. The molecule has 0 aliphatic carbocycles. The van der Waals surface area contributed by atoms with Crippen molar-refractivity contribution in [2.45, 2.75) is 6.92 Å². The number of nitrogens with one attached hydrogen (secondary N) is 1. The molecule has 0 saturated heterocycles. The first-order valence-corrected chi connectivity index (χ1v) is 7.79. The zero-order valence-corrected chi connectivity index (χ0v) is 13.7. The van der Waals surface area contributed by atoms with Gasteiger partial charge in [-0.25, -0.2) is 5.43 Å². The number of amides is 1. The molecule has 122 valence electrons. The van der Waals surface area contributed by atoms with Crippen LogP contribution in [0.5, 0.6) is 5.75 Å². The maximum Gasteiger partial charge on any atom is 0.307 e. The molecule has 0 aliphatic heterocycles. The molecule has 1 aromatic heterocycles. The van der Waals surface area contributed by atoms with E-state index < -0.39 is 5.91 Å². The smallest absolute Gasteiger partial charge is 0.307 e. The van der Waals surface area contributed by atoms with Crippen LogP contribution in [-0.4, -0.2) is 18.7 Å². The number of para-hydroxylation sites is 1. The Kier molecular flexibility index (Phi) is 4.82. The molecular weight excluding hydrogens is 328 g/mol. The van der Waals surface area contributed by atoms with Crippen LogP contribution >= 0.6 is 11.6 Å². The minimum absolute atomic E-state index is 0.199. The monoisotopic (exact) mass is 342 g/mol. The summed E-state index contributed by atoms with van der Waals surface area (Å²) in [4.78, 5) is 12.1. The van der Waals surface area contributed by atoms with Gasteiger partial charge in [-0.3, -0.25) is 4.79 Å². The van der Waals surface area contributed by atoms with Crippen LogP contribution in [0, 0.1) is 0 Å². The number of benzene rings is 2. The van der Waals surface area contributed by atoms with Crippen molar-refractivity contribution in [3.63, 3.8) is 0 Å². The summed E-state index contributed by atoms with van der Waals surface area (Å²) in [5.74, 6) is 0.413. The molecule has 3 rings (SSSR count). The van der Waals surface area contributed by atoms with Crippen LogP contribution < -0.4 is 10.2 Å². The van der Waals surface area contributed by atoms with E-state index in [1.165, 1.54) is 6.21 Å². The Bertz CT molecular complexity index is 869. The predicted molar refractivity (Wildman–Crippen MR) is 93.9 cm³/mol. The second-order valence-corrected chi connectivity index (χ2v) is 5.40. The van der Waals surface area contributed by atoms with E-state index in [2.05, 4.69) is 10.5 Å². The van der Waals surface area contributed by atoms with Crippen LogP contribution in [0.25, 0.3) is 11.0 Å². The third kappa shape index (κ3) is 3.58. The highest BCUT2D eigenvalue weighted by Crippen LogP contribution is 2.21. The molecule has 3 aromatic rings. The number of carbonyl (C=O) groups is 1. The molecule has 0 unspecified atom stereocenters. The number of rotatable bonds is 5. The van der Waals surface area contributed by atoms with Crippen molar-refractivity contribution >= 4 is 34.7 Å². The highest BCUT2D eigenvalue weighted by Gasteiger charge is 2.11. The van der Waals surface area contributed by atoms with Crippen LogP contribution in [0.2, 0.25) is 5.02 Å². The summed E-state index contributed by atoms with van der Waals surface area (Å²) in [6.07, 6.45) is 1.48. The maximum absolute atomic E-state index is 12.1. The van der Waals surface area contributed by atoms with Crippen LogP contribution in [0.4, 0.5) is 0 Å².